The number of nitrogens with one attached hydrogen (secondary N) is 2. The lowest BCUT2D eigenvalue weighted by Gasteiger charge is -2.17. The normalized spacial score (nSPS) is 12.5. The summed E-state index contributed by atoms with van der Waals surface area (Å²) in [7, 11) is 0. The van der Waals surface area contributed by atoms with E-state index >= 15 is 0 Å². The molecule has 96 valence electrons. The van der Waals surface area contributed by atoms with Crippen LogP contribution < -0.4 is 5.32 Å². The highest BCUT2D eigenvalue weighted by atomic mass is 79.9. The van der Waals surface area contributed by atoms with Gasteiger partial charge in [-0.1, -0.05) is 34.1 Å². The Morgan fingerprint density at radius 2 is 2.05 bits per heavy atom. The van der Waals surface area contributed by atoms with E-state index in [1.165, 1.54) is 5.56 Å². The Hall–Kier alpha value is -1.81. The first-order valence-electron chi connectivity index (χ1n) is 6.18. The quantitative estimate of drug-likeness (QED) is 0.747. The highest BCUT2D eigenvalue weighted by molar-refractivity contribution is 9.10. The van der Waals surface area contributed by atoms with Gasteiger partial charge in [-0.15, -0.1) is 0 Å². The van der Waals surface area contributed by atoms with Crippen LogP contribution >= 0.6 is 15.9 Å². The van der Waals surface area contributed by atoms with Crippen molar-refractivity contribution in [2.45, 2.75) is 13.0 Å². The van der Waals surface area contributed by atoms with Gasteiger partial charge in [-0.3, -0.25) is 5.10 Å². The molecule has 19 heavy (non-hydrogen) atoms. The van der Waals surface area contributed by atoms with E-state index in [9.17, 15) is 0 Å². The van der Waals surface area contributed by atoms with E-state index in [1.54, 1.807) is 0 Å². The third-order valence-corrected chi connectivity index (χ3v) is 3.92. The van der Waals surface area contributed by atoms with Gasteiger partial charge in [-0.2, -0.15) is 5.10 Å². The Morgan fingerprint density at radius 3 is 2.89 bits per heavy atom. The first kappa shape index (κ1) is 12.2. The molecule has 0 radical (unpaired) electrons. The lowest BCUT2D eigenvalue weighted by atomic mass is 10.1. The summed E-state index contributed by atoms with van der Waals surface area (Å²) in [5.41, 5.74) is 3.39. The van der Waals surface area contributed by atoms with Gasteiger partial charge < -0.3 is 5.32 Å². The molecule has 0 aliphatic rings. The fraction of sp³-hybridized carbons (Fsp3) is 0.133. The Bertz CT molecular complexity index is 705. The Morgan fingerprint density at radius 1 is 1.21 bits per heavy atom. The third-order valence-electron chi connectivity index (χ3n) is 3.20. The molecule has 3 aromatic rings. The summed E-state index contributed by atoms with van der Waals surface area (Å²) < 4.78 is 1.12. The summed E-state index contributed by atoms with van der Waals surface area (Å²) in [5, 5.41) is 11.6. The number of rotatable bonds is 3. The van der Waals surface area contributed by atoms with Crippen LogP contribution in [0.5, 0.6) is 0 Å². The third kappa shape index (κ3) is 2.49. The zero-order valence-corrected chi connectivity index (χ0v) is 12.1. The van der Waals surface area contributed by atoms with Crippen molar-refractivity contribution in [3.63, 3.8) is 0 Å². The van der Waals surface area contributed by atoms with Crippen molar-refractivity contribution >= 4 is 32.5 Å². The zero-order chi connectivity index (χ0) is 13.2. The molecule has 0 saturated heterocycles. The molecule has 3 nitrogen and oxygen atoms in total. The molecule has 0 aliphatic heterocycles. The smallest absolute Gasteiger partial charge is 0.0651 e. The van der Waals surface area contributed by atoms with Gasteiger partial charge in [0.2, 0.25) is 0 Å². The predicted molar refractivity (Wildman–Crippen MR) is 82.3 cm³/mol. The second-order valence-electron chi connectivity index (χ2n) is 4.56. The molecule has 0 amide bonds. The lowest BCUT2D eigenvalue weighted by Crippen LogP contribution is -2.07. The molecule has 2 N–H and O–H groups in total. The number of benzene rings is 2. The van der Waals surface area contributed by atoms with E-state index in [4.69, 9.17) is 0 Å². The van der Waals surface area contributed by atoms with Crippen LogP contribution in [0.3, 0.4) is 0 Å². The SMILES string of the molecule is CC(Nc1ccc2[nH]ncc2c1)c1ccccc1Br. The molecule has 2 aromatic carbocycles. The van der Waals surface area contributed by atoms with Crippen LogP contribution in [0.15, 0.2) is 53.1 Å². The molecule has 3 rings (SSSR count). The minimum atomic E-state index is 0.236. The average molecular weight is 316 g/mol. The molecule has 1 heterocycles. The minimum absolute atomic E-state index is 0.236. The molecular formula is C15H14BrN3. The van der Waals surface area contributed by atoms with Gasteiger partial charge in [-0.05, 0) is 36.8 Å². The number of halogens is 1. The van der Waals surface area contributed by atoms with Crippen LogP contribution in [0.1, 0.15) is 18.5 Å². The number of aromatic amines is 1. The van der Waals surface area contributed by atoms with Gasteiger partial charge in [0.15, 0.2) is 0 Å². The number of hydrogen-bond acceptors (Lipinski definition) is 2. The minimum Gasteiger partial charge on any atom is -0.378 e. The number of aromatic nitrogens is 2. The van der Waals surface area contributed by atoms with Gasteiger partial charge in [0, 0.05) is 21.6 Å². The Kier molecular flexibility index (Phi) is 3.25. The summed E-state index contributed by atoms with van der Waals surface area (Å²) >= 11 is 3.59. The largest absolute Gasteiger partial charge is 0.378 e. The molecule has 0 aliphatic carbocycles. The number of nitrogens with zero attached hydrogens (tertiary/aromatic N) is 1. The maximum atomic E-state index is 4.03. The van der Waals surface area contributed by atoms with Gasteiger partial charge in [-0.25, -0.2) is 0 Å². The standard InChI is InChI=1S/C15H14BrN3/c1-10(13-4-2-3-5-14(13)16)18-12-6-7-15-11(8-12)9-17-19-15/h2-10,18H,1H3,(H,17,19). The number of fused-ring (bicyclic) bond motifs is 1. The first-order valence-corrected chi connectivity index (χ1v) is 6.97. The highest BCUT2D eigenvalue weighted by Gasteiger charge is 2.08. The molecule has 0 spiro atoms. The maximum Gasteiger partial charge on any atom is 0.0651 e. The van der Waals surface area contributed by atoms with Crippen molar-refractivity contribution in [2.24, 2.45) is 0 Å². The summed E-state index contributed by atoms with van der Waals surface area (Å²) in [4.78, 5) is 0. The van der Waals surface area contributed by atoms with Gasteiger partial charge in [0.1, 0.15) is 0 Å². The fourth-order valence-electron chi connectivity index (χ4n) is 2.19. The monoisotopic (exact) mass is 315 g/mol. The Balaban J connectivity index is 1.86. The Labute approximate surface area is 120 Å². The van der Waals surface area contributed by atoms with E-state index in [2.05, 4.69) is 68.7 Å². The van der Waals surface area contributed by atoms with Crippen molar-refractivity contribution in [3.8, 4) is 0 Å². The second-order valence-corrected chi connectivity index (χ2v) is 5.41. The van der Waals surface area contributed by atoms with Crippen LogP contribution in [0.2, 0.25) is 0 Å². The van der Waals surface area contributed by atoms with Crippen LogP contribution in [0.25, 0.3) is 10.9 Å². The molecule has 1 unspecified atom stereocenters. The van der Waals surface area contributed by atoms with E-state index in [1.807, 2.05) is 18.3 Å². The predicted octanol–water partition coefficient (Wildman–Crippen LogP) is 4.50. The van der Waals surface area contributed by atoms with Crippen LogP contribution in [0, 0.1) is 0 Å². The fourth-order valence-corrected chi connectivity index (χ4v) is 2.81. The van der Waals surface area contributed by atoms with Crippen LogP contribution in [-0.4, -0.2) is 10.2 Å². The summed E-state index contributed by atoms with van der Waals surface area (Å²) in [6, 6.07) is 14.7. The summed E-state index contributed by atoms with van der Waals surface area (Å²) in [6.45, 7) is 2.15. The summed E-state index contributed by atoms with van der Waals surface area (Å²) in [5.74, 6) is 0. The van der Waals surface area contributed by atoms with Crippen LogP contribution in [0.4, 0.5) is 5.69 Å². The molecule has 1 aromatic heterocycles. The van der Waals surface area contributed by atoms with E-state index < -0.39 is 0 Å². The van der Waals surface area contributed by atoms with Crippen molar-refractivity contribution < 1.29 is 0 Å². The van der Waals surface area contributed by atoms with E-state index in [0.29, 0.717) is 0 Å². The first-order chi connectivity index (χ1) is 9.24. The molecule has 0 bridgehead atoms. The van der Waals surface area contributed by atoms with E-state index in [0.717, 1.165) is 21.1 Å². The van der Waals surface area contributed by atoms with Crippen molar-refractivity contribution in [1.82, 2.24) is 10.2 Å². The lowest BCUT2D eigenvalue weighted by molar-refractivity contribution is 0.879. The number of hydrogen-bond donors (Lipinski definition) is 2. The maximum absolute atomic E-state index is 4.03. The number of H-pyrrole nitrogens is 1. The molecule has 0 saturated carbocycles. The van der Waals surface area contributed by atoms with E-state index in [-0.39, 0.29) is 6.04 Å². The molecule has 4 heteroatoms. The van der Waals surface area contributed by atoms with Crippen LogP contribution in [-0.2, 0) is 0 Å². The number of anilines is 1. The summed E-state index contributed by atoms with van der Waals surface area (Å²) in [6.07, 6.45) is 1.84. The van der Waals surface area contributed by atoms with Crippen molar-refractivity contribution in [1.29, 1.82) is 0 Å². The van der Waals surface area contributed by atoms with Crippen molar-refractivity contribution in [3.05, 3.63) is 58.7 Å². The highest BCUT2D eigenvalue weighted by Crippen LogP contribution is 2.27. The zero-order valence-electron chi connectivity index (χ0n) is 10.5. The molecular weight excluding hydrogens is 302 g/mol. The average Bonchev–Trinajstić information content (AvgIpc) is 2.86. The molecule has 1 atom stereocenters. The van der Waals surface area contributed by atoms with Gasteiger partial charge in [0.25, 0.3) is 0 Å². The topological polar surface area (TPSA) is 40.7 Å². The van der Waals surface area contributed by atoms with Gasteiger partial charge in [0.05, 0.1) is 11.7 Å². The van der Waals surface area contributed by atoms with Gasteiger partial charge >= 0.3 is 0 Å². The van der Waals surface area contributed by atoms with Crippen molar-refractivity contribution in [2.75, 3.05) is 5.32 Å². The second kappa shape index (κ2) is 5.05. The molecule has 0 fully saturated rings.